The smallest absolute Gasteiger partial charge is 0.330 e. The first-order chi connectivity index (χ1) is 9.82. The molecule has 0 amide bonds. The summed E-state index contributed by atoms with van der Waals surface area (Å²) in [5, 5.41) is 9.50. The van der Waals surface area contributed by atoms with Crippen molar-refractivity contribution in [1.29, 1.82) is 0 Å². The van der Waals surface area contributed by atoms with Crippen molar-refractivity contribution in [3.8, 4) is 0 Å². The zero-order valence-corrected chi connectivity index (χ0v) is 12.6. The van der Waals surface area contributed by atoms with E-state index in [2.05, 4.69) is 15.9 Å². The standard InChI is InChI=1S/C11H10BrClF2N2O4/c12-3-6-7(18)11(14,15)9(21-6)17-4-5(1-2-13)8(19)16-10(17)20/h1-2,4,6-7,9,18H,3H2,(H,16,19,20)/b2-1+/t6-,7-,9-/m1/s1. The quantitative estimate of drug-likeness (QED) is 0.759. The number of H-pyrrole nitrogens is 1. The molecule has 0 aromatic carbocycles. The van der Waals surface area contributed by atoms with Gasteiger partial charge in [0.1, 0.15) is 12.2 Å². The number of nitrogens with one attached hydrogen (secondary N) is 1. The lowest BCUT2D eigenvalue weighted by Gasteiger charge is -2.21. The summed E-state index contributed by atoms with van der Waals surface area (Å²) >= 11 is 8.28. The Balaban J connectivity index is 2.54. The Morgan fingerprint density at radius 2 is 2.24 bits per heavy atom. The van der Waals surface area contributed by atoms with Crippen LogP contribution in [0.25, 0.3) is 6.08 Å². The number of rotatable bonds is 3. The van der Waals surface area contributed by atoms with Crippen molar-refractivity contribution in [2.24, 2.45) is 0 Å². The van der Waals surface area contributed by atoms with E-state index >= 15 is 0 Å². The Morgan fingerprint density at radius 1 is 1.57 bits per heavy atom. The van der Waals surface area contributed by atoms with Crippen LogP contribution < -0.4 is 11.2 Å². The van der Waals surface area contributed by atoms with Crippen LogP contribution in [0, 0.1) is 0 Å². The van der Waals surface area contributed by atoms with Gasteiger partial charge >= 0.3 is 11.6 Å². The first-order valence-corrected chi connectivity index (χ1v) is 7.28. The molecular formula is C11H10BrClF2N2O4. The van der Waals surface area contributed by atoms with Crippen molar-refractivity contribution in [3.05, 3.63) is 38.1 Å². The topological polar surface area (TPSA) is 84.3 Å². The predicted molar refractivity (Wildman–Crippen MR) is 74.9 cm³/mol. The van der Waals surface area contributed by atoms with Crippen LogP contribution in [-0.4, -0.2) is 38.1 Å². The minimum Gasteiger partial charge on any atom is -0.384 e. The molecule has 6 nitrogen and oxygen atoms in total. The molecule has 3 atom stereocenters. The molecule has 0 radical (unpaired) electrons. The van der Waals surface area contributed by atoms with Crippen LogP contribution in [-0.2, 0) is 4.74 Å². The van der Waals surface area contributed by atoms with Gasteiger partial charge in [-0.3, -0.25) is 14.3 Å². The lowest BCUT2D eigenvalue weighted by atomic mass is 10.1. The fourth-order valence-electron chi connectivity index (χ4n) is 1.96. The van der Waals surface area contributed by atoms with Gasteiger partial charge in [0.2, 0.25) is 6.23 Å². The third kappa shape index (κ3) is 2.83. The molecule has 2 heterocycles. The van der Waals surface area contributed by atoms with Gasteiger partial charge in [-0.05, 0) is 6.08 Å². The van der Waals surface area contributed by atoms with Crippen LogP contribution >= 0.6 is 27.5 Å². The molecule has 10 heteroatoms. The average molecular weight is 388 g/mol. The minimum absolute atomic E-state index is 0.0349. The molecular weight excluding hydrogens is 377 g/mol. The van der Waals surface area contributed by atoms with Crippen LogP contribution in [0.4, 0.5) is 8.78 Å². The molecule has 21 heavy (non-hydrogen) atoms. The molecule has 0 bridgehead atoms. The maximum Gasteiger partial charge on any atom is 0.330 e. The zero-order valence-electron chi connectivity index (χ0n) is 10.3. The van der Waals surface area contributed by atoms with E-state index in [1.165, 1.54) is 0 Å². The molecule has 1 aromatic rings. The SMILES string of the molecule is O=c1[nH]c(=O)n([C@@H]2O[C@H](CBr)[C@@H](O)C2(F)F)cc1/C=C/Cl. The zero-order chi connectivity index (χ0) is 15.8. The van der Waals surface area contributed by atoms with Crippen LogP contribution in [0.1, 0.15) is 11.8 Å². The van der Waals surface area contributed by atoms with Crippen LogP contribution in [0.15, 0.2) is 21.3 Å². The van der Waals surface area contributed by atoms with Crippen LogP contribution in [0.3, 0.4) is 0 Å². The largest absolute Gasteiger partial charge is 0.384 e. The Labute approximate surface area is 130 Å². The summed E-state index contributed by atoms with van der Waals surface area (Å²) in [6.07, 6.45) is -3.24. The van der Waals surface area contributed by atoms with Crippen LogP contribution in [0.2, 0.25) is 0 Å². The Morgan fingerprint density at radius 3 is 2.76 bits per heavy atom. The minimum atomic E-state index is -3.69. The van der Waals surface area contributed by atoms with Gasteiger partial charge in [0, 0.05) is 17.1 Å². The second kappa shape index (κ2) is 5.99. The summed E-state index contributed by atoms with van der Waals surface area (Å²) < 4.78 is 33.6. The summed E-state index contributed by atoms with van der Waals surface area (Å²) in [5.41, 5.74) is -0.935. The Hall–Kier alpha value is -1.03. The number of ether oxygens (including phenoxy) is 1. The van der Waals surface area contributed by atoms with Crippen molar-refractivity contribution >= 4 is 33.6 Å². The first kappa shape index (κ1) is 16.3. The summed E-state index contributed by atoms with van der Waals surface area (Å²) in [4.78, 5) is 25.1. The lowest BCUT2D eigenvalue weighted by molar-refractivity contribution is -0.140. The van der Waals surface area contributed by atoms with Crippen molar-refractivity contribution < 1.29 is 18.6 Å². The van der Waals surface area contributed by atoms with E-state index in [9.17, 15) is 23.5 Å². The van der Waals surface area contributed by atoms with E-state index < -0.39 is 35.6 Å². The van der Waals surface area contributed by atoms with Crippen molar-refractivity contribution in [3.63, 3.8) is 0 Å². The van der Waals surface area contributed by atoms with Gasteiger partial charge in [-0.2, -0.15) is 8.78 Å². The van der Waals surface area contributed by atoms with Crippen LogP contribution in [0.5, 0.6) is 0 Å². The van der Waals surface area contributed by atoms with Crippen molar-refractivity contribution in [2.75, 3.05) is 5.33 Å². The second-order valence-electron chi connectivity index (χ2n) is 4.34. The highest BCUT2D eigenvalue weighted by Crippen LogP contribution is 2.42. The highest BCUT2D eigenvalue weighted by molar-refractivity contribution is 9.09. The molecule has 1 saturated heterocycles. The van der Waals surface area contributed by atoms with Gasteiger partial charge < -0.3 is 9.84 Å². The van der Waals surface area contributed by atoms with E-state index in [0.717, 1.165) is 17.8 Å². The molecule has 1 aromatic heterocycles. The van der Waals surface area contributed by atoms with E-state index in [0.29, 0.717) is 4.57 Å². The number of hydrogen-bond donors (Lipinski definition) is 2. The summed E-state index contributed by atoms with van der Waals surface area (Å²) in [6, 6.07) is 0. The fourth-order valence-corrected chi connectivity index (χ4v) is 2.60. The highest BCUT2D eigenvalue weighted by Gasteiger charge is 2.59. The fraction of sp³-hybridized carbons (Fsp3) is 0.455. The molecule has 0 aliphatic carbocycles. The van der Waals surface area contributed by atoms with Gasteiger partial charge in [-0.1, -0.05) is 27.5 Å². The van der Waals surface area contributed by atoms with Gasteiger partial charge in [0.15, 0.2) is 0 Å². The van der Waals surface area contributed by atoms with E-state index in [1.807, 2.05) is 4.98 Å². The number of aliphatic hydroxyl groups excluding tert-OH is 1. The molecule has 0 saturated carbocycles. The lowest BCUT2D eigenvalue weighted by Crippen LogP contribution is -2.43. The molecule has 1 aliphatic heterocycles. The van der Waals surface area contributed by atoms with Gasteiger partial charge in [-0.15, -0.1) is 0 Å². The second-order valence-corrected chi connectivity index (χ2v) is 5.24. The monoisotopic (exact) mass is 386 g/mol. The maximum absolute atomic E-state index is 14.0. The van der Waals surface area contributed by atoms with E-state index in [1.54, 1.807) is 0 Å². The number of aromatic amines is 1. The predicted octanol–water partition coefficient (Wildman–Crippen LogP) is 1.03. The summed E-state index contributed by atoms with van der Waals surface area (Å²) in [7, 11) is 0. The van der Waals surface area contributed by atoms with E-state index in [-0.39, 0.29) is 10.9 Å². The van der Waals surface area contributed by atoms with E-state index in [4.69, 9.17) is 16.3 Å². The molecule has 1 aliphatic rings. The van der Waals surface area contributed by atoms with Gasteiger partial charge in [0.25, 0.3) is 5.56 Å². The number of nitrogens with zero attached hydrogens (tertiary/aromatic N) is 1. The maximum atomic E-state index is 14.0. The van der Waals surface area contributed by atoms with Crippen molar-refractivity contribution in [1.82, 2.24) is 9.55 Å². The summed E-state index contributed by atoms with van der Waals surface area (Å²) in [6.45, 7) is 0. The molecule has 0 spiro atoms. The third-order valence-electron chi connectivity index (χ3n) is 3.02. The molecule has 1 fully saturated rings. The average Bonchev–Trinajstić information content (AvgIpc) is 2.65. The number of aromatic nitrogens is 2. The first-order valence-electron chi connectivity index (χ1n) is 5.72. The normalized spacial score (nSPS) is 28.3. The third-order valence-corrected chi connectivity index (χ3v) is 3.79. The molecule has 116 valence electrons. The van der Waals surface area contributed by atoms with Gasteiger partial charge in [-0.25, -0.2) is 4.79 Å². The van der Waals surface area contributed by atoms with Crippen molar-refractivity contribution in [2.45, 2.75) is 24.4 Å². The summed E-state index contributed by atoms with van der Waals surface area (Å²) in [5.74, 6) is -3.69. The Bertz CT molecular complexity index is 675. The molecule has 0 unspecified atom stereocenters. The number of halogens is 4. The number of hydrogen-bond acceptors (Lipinski definition) is 4. The highest BCUT2D eigenvalue weighted by atomic mass is 79.9. The molecule has 2 rings (SSSR count). The Kier molecular flexibility index (Phi) is 4.66. The van der Waals surface area contributed by atoms with Gasteiger partial charge in [0.05, 0.1) is 5.56 Å². The molecule has 2 N–H and O–H groups in total. The number of aliphatic hydroxyl groups is 1. The number of alkyl halides is 3.